The highest BCUT2D eigenvalue weighted by atomic mass is 16.2. The first kappa shape index (κ1) is 16.4. The number of nitrogens with zero attached hydrogens (tertiary/aromatic N) is 1. The summed E-state index contributed by atoms with van der Waals surface area (Å²) >= 11 is 0. The highest BCUT2D eigenvalue weighted by Gasteiger charge is 2.53. The molecule has 0 spiro atoms. The van der Waals surface area contributed by atoms with Crippen LogP contribution in [0.1, 0.15) is 42.4 Å². The Morgan fingerprint density at radius 2 is 1.64 bits per heavy atom. The van der Waals surface area contributed by atoms with Crippen LogP contribution in [0.5, 0.6) is 0 Å². The van der Waals surface area contributed by atoms with E-state index in [-0.39, 0.29) is 5.41 Å². The summed E-state index contributed by atoms with van der Waals surface area (Å²) in [6.45, 7) is 3.94. The third-order valence-corrected chi connectivity index (χ3v) is 6.03. The minimum atomic E-state index is -0.208. The van der Waals surface area contributed by atoms with E-state index in [4.69, 9.17) is 0 Å². The molecule has 0 aromatic heterocycles. The Morgan fingerprint density at radius 1 is 1.00 bits per heavy atom. The molecule has 1 amide bonds. The first-order valence-electron chi connectivity index (χ1n) is 9.58. The van der Waals surface area contributed by atoms with Gasteiger partial charge in [-0.1, -0.05) is 60.2 Å². The molecule has 0 bridgehead atoms. The van der Waals surface area contributed by atoms with Gasteiger partial charge in [0.1, 0.15) is 0 Å². The Bertz CT molecular complexity index is 722. The van der Waals surface area contributed by atoms with E-state index in [0.29, 0.717) is 11.8 Å². The van der Waals surface area contributed by atoms with Crippen molar-refractivity contribution in [1.82, 2.24) is 4.90 Å². The van der Waals surface area contributed by atoms with Gasteiger partial charge in [0.15, 0.2) is 0 Å². The minimum absolute atomic E-state index is 0.208. The fourth-order valence-corrected chi connectivity index (χ4v) is 4.21. The highest BCUT2D eigenvalue weighted by Crippen LogP contribution is 2.50. The van der Waals surface area contributed by atoms with Crippen LogP contribution < -0.4 is 0 Å². The number of benzene rings is 2. The van der Waals surface area contributed by atoms with Crippen molar-refractivity contribution in [3.05, 3.63) is 71.3 Å². The number of piperidine rings is 1. The molecule has 0 N–H and O–H groups in total. The molecule has 1 aliphatic carbocycles. The van der Waals surface area contributed by atoms with Gasteiger partial charge in [-0.25, -0.2) is 0 Å². The van der Waals surface area contributed by atoms with Crippen molar-refractivity contribution in [2.75, 3.05) is 13.1 Å². The number of aryl methyl sites for hydroxylation is 1. The molecule has 4 rings (SSSR count). The predicted octanol–water partition coefficient (Wildman–Crippen LogP) is 4.51. The second kappa shape index (κ2) is 6.67. The molecule has 2 nitrogen and oxygen atoms in total. The molecular weight excluding hydrogens is 306 g/mol. The topological polar surface area (TPSA) is 20.3 Å². The quantitative estimate of drug-likeness (QED) is 0.806. The van der Waals surface area contributed by atoms with Gasteiger partial charge in [-0.2, -0.15) is 0 Å². The molecule has 2 fully saturated rings. The van der Waals surface area contributed by atoms with Gasteiger partial charge in [0.2, 0.25) is 5.91 Å². The van der Waals surface area contributed by atoms with Crippen molar-refractivity contribution in [3.8, 4) is 0 Å². The van der Waals surface area contributed by atoms with Crippen molar-refractivity contribution in [3.63, 3.8) is 0 Å². The molecule has 1 heterocycles. The lowest BCUT2D eigenvalue weighted by molar-refractivity contribution is -0.135. The summed E-state index contributed by atoms with van der Waals surface area (Å²) in [5.41, 5.74) is 3.69. The van der Waals surface area contributed by atoms with Gasteiger partial charge in [-0.15, -0.1) is 0 Å². The van der Waals surface area contributed by atoms with E-state index in [1.807, 2.05) is 0 Å². The first-order chi connectivity index (χ1) is 12.2. The Kier molecular flexibility index (Phi) is 4.37. The molecule has 130 valence electrons. The summed E-state index contributed by atoms with van der Waals surface area (Å²) in [6.07, 6.45) is 5.43. The monoisotopic (exact) mass is 333 g/mol. The molecule has 25 heavy (non-hydrogen) atoms. The third kappa shape index (κ3) is 3.35. The fourth-order valence-electron chi connectivity index (χ4n) is 4.21. The number of likely N-dealkylation sites (tertiary alicyclic amines) is 1. The van der Waals surface area contributed by atoms with E-state index in [1.54, 1.807) is 0 Å². The van der Waals surface area contributed by atoms with Crippen molar-refractivity contribution in [2.45, 2.75) is 44.4 Å². The van der Waals surface area contributed by atoms with Gasteiger partial charge in [-0.3, -0.25) is 4.79 Å². The van der Waals surface area contributed by atoms with Crippen LogP contribution in [0.3, 0.4) is 0 Å². The Labute approximate surface area is 150 Å². The molecule has 1 aliphatic heterocycles. The summed E-state index contributed by atoms with van der Waals surface area (Å²) in [4.78, 5) is 15.3. The van der Waals surface area contributed by atoms with Crippen LogP contribution in [0.15, 0.2) is 54.6 Å². The average molecular weight is 333 g/mol. The van der Waals surface area contributed by atoms with E-state index in [9.17, 15) is 4.79 Å². The molecule has 0 radical (unpaired) electrons. The van der Waals surface area contributed by atoms with Crippen LogP contribution >= 0.6 is 0 Å². The standard InChI is InChI=1S/C23H27NO/c1-18-7-9-21(10-8-18)23(13-14-23)22(25)24-15-11-20(12-16-24)17-19-5-3-2-4-6-19/h2-10,20H,11-17H2,1H3. The van der Waals surface area contributed by atoms with Crippen molar-refractivity contribution < 1.29 is 4.79 Å². The molecular formula is C23H27NO. The zero-order valence-corrected chi connectivity index (χ0v) is 15.1. The van der Waals surface area contributed by atoms with Crippen LogP contribution in [0.2, 0.25) is 0 Å². The lowest BCUT2D eigenvalue weighted by Gasteiger charge is -2.34. The largest absolute Gasteiger partial charge is 0.342 e. The van der Waals surface area contributed by atoms with Gasteiger partial charge in [0.05, 0.1) is 5.41 Å². The number of hydrogen-bond acceptors (Lipinski definition) is 1. The molecule has 2 aromatic carbocycles. The van der Waals surface area contributed by atoms with E-state index < -0.39 is 0 Å². The summed E-state index contributed by atoms with van der Waals surface area (Å²) < 4.78 is 0. The number of rotatable bonds is 4. The highest BCUT2D eigenvalue weighted by molar-refractivity contribution is 5.91. The summed E-state index contributed by atoms with van der Waals surface area (Å²) in [5, 5.41) is 0. The third-order valence-electron chi connectivity index (χ3n) is 6.03. The molecule has 0 atom stereocenters. The molecule has 2 heteroatoms. The summed E-state index contributed by atoms with van der Waals surface area (Å²) in [5.74, 6) is 1.08. The molecule has 1 saturated carbocycles. The number of carbonyl (C=O) groups is 1. The Morgan fingerprint density at radius 3 is 2.24 bits per heavy atom. The number of carbonyl (C=O) groups excluding carboxylic acids is 1. The van der Waals surface area contributed by atoms with Crippen LogP contribution in [-0.2, 0) is 16.6 Å². The van der Waals surface area contributed by atoms with Crippen LogP contribution in [0, 0.1) is 12.8 Å². The maximum Gasteiger partial charge on any atom is 0.233 e. The average Bonchev–Trinajstić information content (AvgIpc) is 3.45. The van der Waals surface area contributed by atoms with Gasteiger partial charge in [0.25, 0.3) is 0 Å². The van der Waals surface area contributed by atoms with Crippen LogP contribution in [-0.4, -0.2) is 23.9 Å². The van der Waals surface area contributed by atoms with Gasteiger partial charge >= 0.3 is 0 Å². The zero-order chi connectivity index (χ0) is 17.3. The van der Waals surface area contributed by atoms with Crippen molar-refractivity contribution >= 4 is 5.91 Å². The van der Waals surface area contributed by atoms with E-state index in [0.717, 1.165) is 45.2 Å². The normalized spacial score (nSPS) is 19.6. The molecule has 2 aromatic rings. The number of hydrogen-bond donors (Lipinski definition) is 0. The van der Waals surface area contributed by atoms with E-state index >= 15 is 0 Å². The van der Waals surface area contributed by atoms with E-state index in [1.165, 1.54) is 16.7 Å². The maximum absolute atomic E-state index is 13.2. The predicted molar refractivity (Wildman–Crippen MR) is 102 cm³/mol. The minimum Gasteiger partial charge on any atom is -0.342 e. The van der Waals surface area contributed by atoms with Gasteiger partial charge < -0.3 is 4.90 Å². The first-order valence-corrected chi connectivity index (χ1v) is 9.58. The Hall–Kier alpha value is -2.09. The smallest absolute Gasteiger partial charge is 0.233 e. The van der Waals surface area contributed by atoms with Crippen molar-refractivity contribution in [2.24, 2.45) is 5.92 Å². The number of amides is 1. The lowest BCUT2D eigenvalue weighted by Crippen LogP contribution is -2.44. The van der Waals surface area contributed by atoms with Crippen LogP contribution in [0.25, 0.3) is 0 Å². The second-order valence-electron chi connectivity index (χ2n) is 7.87. The second-order valence-corrected chi connectivity index (χ2v) is 7.87. The lowest BCUT2D eigenvalue weighted by atomic mass is 9.88. The zero-order valence-electron chi connectivity index (χ0n) is 15.1. The molecule has 1 saturated heterocycles. The summed E-state index contributed by atoms with van der Waals surface area (Å²) in [6, 6.07) is 19.3. The van der Waals surface area contributed by atoms with E-state index in [2.05, 4.69) is 66.4 Å². The van der Waals surface area contributed by atoms with Gasteiger partial charge in [-0.05, 0) is 56.1 Å². The summed E-state index contributed by atoms with van der Waals surface area (Å²) in [7, 11) is 0. The SMILES string of the molecule is Cc1ccc(C2(C(=O)N3CCC(Cc4ccccc4)CC3)CC2)cc1. The Balaban J connectivity index is 1.37. The fraction of sp³-hybridized carbons (Fsp3) is 0.435. The van der Waals surface area contributed by atoms with Crippen LogP contribution in [0.4, 0.5) is 0 Å². The van der Waals surface area contributed by atoms with Gasteiger partial charge in [0, 0.05) is 13.1 Å². The molecule has 0 unspecified atom stereocenters. The molecule has 2 aliphatic rings. The van der Waals surface area contributed by atoms with Crippen molar-refractivity contribution in [1.29, 1.82) is 0 Å². The maximum atomic E-state index is 13.2.